The number of thioether (sulfide) groups is 1. The molecule has 1 aliphatic rings. The zero-order valence-electron chi connectivity index (χ0n) is 11.9. The average Bonchev–Trinajstić information content (AvgIpc) is 2.47. The van der Waals surface area contributed by atoms with Crippen molar-refractivity contribution in [2.45, 2.75) is 37.2 Å². The van der Waals surface area contributed by atoms with Gasteiger partial charge in [-0.3, -0.25) is 0 Å². The Morgan fingerprint density at radius 3 is 2.95 bits per heavy atom. The van der Waals surface area contributed by atoms with Gasteiger partial charge in [0.05, 0.1) is 6.61 Å². The molecule has 1 aliphatic carbocycles. The Balaban J connectivity index is 2.02. The third-order valence-corrected chi connectivity index (χ3v) is 4.72. The Labute approximate surface area is 127 Å². The molecule has 0 heterocycles. The van der Waals surface area contributed by atoms with Crippen molar-refractivity contribution in [1.29, 1.82) is 0 Å². The van der Waals surface area contributed by atoms with Crippen LogP contribution < -0.4 is 0 Å². The number of rotatable bonds is 5. The summed E-state index contributed by atoms with van der Waals surface area (Å²) in [6, 6.07) is 3.59. The Morgan fingerprint density at radius 1 is 1.43 bits per heavy atom. The Hall–Kier alpha value is -1.36. The maximum absolute atomic E-state index is 13.6. The number of ether oxygens (including phenoxy) is 1. The molecule has 0 aromatic heterocycles. The van der Waals surface area contributed by atoms with Crippen LogP contribution in [0.3, 0.4) is 0 Å². The van der Waals surface area contributed by atoms with E-state index in [0.29, 0.717) is 23.5 Å². The molecule has 1 aromatic rings. The summed E-state index contributed by atoms with van der Waals surface area (Å²) in [5.74, 6) is -0.992. The Bertz CT molecular complexity index is 543. The van der Waals surface area contributed by atoms with E-state index < -0.39 is 11.6 Å². The number of hydrogen-bond donors (Lipinski definition) is 0. The van der Waals surface area contributed by atoms with Crippen molar-refractivity contribution in [2.24, 2.45) is 0 Å². The third kappa shape index (κ3) is 4.30. The van der Waals surface area contributed by atoms with Crippen LogP contribution in [0.2, 0.25) is 0 Å². The molecular formula is C16H18F2O2S. The number of allylic oxidation sites excluding steroid dienone is 1. The van der Waals surface area contributed by atoms with Crippen LogP contribution in [-0.2, 0) is 15.3 Å². The molecule has 5 heteroatoms. The number of carbonyl (C=O) groups is 1. The topological polar surface area (TPSA) is 26.3 Å². The van der Waals surface area contributed by atoms with E-state index in [4.69, 9.17) is 4.74 Å². The minimum Gasteiger partial charge on any atom is -0.463 e. The molecule has 0 amide bonds. The molecule has 0 N–H and O–H groups in total. The van der Waals surface area contributed by atoms with Crippen molar-refractivity contribution in [2.75, 3.05) is 6.61 Å². The molecule has 0 saturated carbocycles. The van der Waals surface area contributed by atoms with E-state index in [1.165, 1.54) is 23.9 Å². The van der Waals surface area contributed by atoms with Crippen LogP contribution in [0.15, 0.2) is 29.8 Å². The van der Waals surface area contributed by atoms with Crippen LogP contribution in [0, 0.1) is 11.6 Å². The lowest BCUT2D eigenvalue weighted by Gasteiger charge is -2.22. The zero-order valence-corrected chi connectivity index (χ0v) is 12.7. The second-order valence-corrected chi connectivity index (χ2v) is 6.04. The maximum Gasteiger partial charge on any atom is 0.334 e. The van der Waals surface area contributed by atoms with E-state index >= 15 is 0 Å². The Kier molecular flexibility index (Phi) is 5.79. The average molecular weight is 312 g/mol. The van der Waals surface area contributed by atoms with E-state index in [1.807, 2.05) is 6.08 Å². The molecule has 0 spiro atoms. The van der Waals surface area contributed by atoms with Crippen LogP contribution in [0.4, 0.5) is 8.78 Å². The minimum absolute atomic E-state index is 0.0160. The van der Waals surface area contributed by atoms with Gasteiger partial charge >= 0.3 is 5.97 Å². The fraction of sp³-hybridized carbons (Fsp3) is 0.438. The smallest absolute Gasteiger partial charge is 0.334 e. The molecule has 21 heavy (non-hydrogen) atoms. The van der Waals surface area contributed by atoms with Gasteiger partial charge in [-0.05, 0) is 37.8 Å². The summed E-state index contributed by atoms with van der Waals surface area (Å²) in [6.07, 6.45) is 4.67. The SMILES string of the molecule is CCOC(=O)C1=CCCCC1SCc1ccc(F)cc1F. The highest BCUT2D eigenvalue weighted by Crippen LogP contribution is 2.32. The highest BCUT2D eigenvalue weighted by molar-refractivity contribution is 7.99. The van der Waals surface area contributed by atoms with Gasteiger partial charge in [-0.25, -0.2) is 13.6 Å². The fourth-order valence-corrected chi connectivity index (χ4v) is 3.60. The van der Waals surface area contributed by atoms with Crippen LogP contribution in [0.25, 0.3) is 0 Å². The van der Waals surface area contributed by atoms with Crippen molar-refractivity contribution >= 4 is 17.7 Å². The van der Waals surface area contributed by atoms with Crippen molar-refractivity contribution in [3.05, 3.63) is 47.0 Å². The van der Waals surface area contributed by atoms with Crippen LogP contribution >= 0.6 is 11.8 Å². The van der Waals surface area contributed by atoms with Crippen LogP contribution in [-0.4, -0.2) is 17.8 Å². The number of benzene rings is 1. The summed E-state index contributed by atoms with van der Waals surface area (Å²) in [4.78, 5) is 11.9. The molecular weight excluding hydrogens is 294 g/mol. The minimum atomic E-state index is -0.578. The van der Waals surface area contributed by atoms with Crippen molar-refractivity contribution in [1.82, 2.24) is 0 Å². The molecule has 0 fully saturated rings. The number of halogens is 2. The summed E-state index contributed by atoms with van der Waals surface area (Å²) in [7, 11) is 0. The van der Waals surface area contributed by atoms with Gasteiger partial charge in [0.1, 0.15) is 11.6 Å². The van der Waals surface area contributed by atoms with E-state index in [2.05, 4.69) is 0 Å². The monoisotopic (exact) mass is 312 g/mol. The van der Waals surface area contributed by atoms with E-state index in [9.17, 15) is 13.6 Å². The van der Waals surface area contributed by atoms with Gasteiger partial charge in [0.2, 0.25) is 0 Å². The first-order valence-electron chi connectivity index (χ1n) is 7.04. The van der Waals surface area contributed by atoms with Gasteiger partial charge < -0.3 is 4.74 Å². The Morgan fingerprint density at radius 2 is 2.24 bits per heavy atom. The van der Waals surface area contributed by atoms with Crippen LogP contribution in [0.1, 0.15) is 31.7 Å². The van der Waals surface area contributed by atoms with Gasteiger partial charge in [0.25, 0.3) is 0 Å². The largest absolute Gasteiger partial charge is 0.463 e. The molecule has 1 atom stereocenters. The van der Waals surface area contributed by atoms with Crippen molar-refractivity contribution in [3.63, 3.8) is 0 Å². The standard InChI is InChI=1S/C16H18F2O2S/c1-2-20-16(19)13-5-3-4-6-15(13)21-10-11-7-8-12(17)9-14(11)18/h5,7-9,15H,2-4,6,10H2,1H3. The molecule has 1 unspecified atom stereocenters. The molecule has 114 valence electrons. The predicted molar refractivity (Wildman–Crippen MR) is 80.0 cm³/mol. The second kappa shape index (κ2) is 7.59. The predicted octanol–water partition coefficient (Wildman–Crippen LogP) is 4.24. The van der Waals surface area contributed by atoms with Crippen molar-refractivity contribution < 1.29 is 18.3 Å². The maximum atomic E-state index is 13.6. The lowest BCUT2D eigenvalue weighted by Crippen LogP contribution is -2.21. The van der Waals surface area contributed by atoms with Crippen molar-refractivity contribution in [3.8, 4) is 0 Å². The summed E-state index contributed by atoms with van der Waals surface area (Å²) < 4.78 is 31.6. The fourth-order valence-electron chi connectivity index (χ4n) is 2.28. The summed E-state index contributed by atoms with van der Waals surface area (Å²) >= 11 is 1.50. The van der Waals surface area contributed by atoms with Gasteiger partial charge in [0.15, 0.2) is 0 Å². The lowest BCUT2D eigenvalue weighted by molar-refractivity contribution is -0.138. The molecule has 2 rings (SSSR count). The second-order valence-electron chi connectivity index (χ2n) is 4.85. The summed E-state index contributed by atoms with van der Waals surface area (Å²) in [6.45, 7) is 2.12. The highest BCUT2D eigenvalue weighted by Gasteiger charge is 2.25. The summed E-state index contributed by atoms with van der Waals surface area (Å²) in [5, 5.41) is 0.0160. The number of hydrogen-bond acceptors (Lipinski definition) is 3. The van der Waals surface area contributed by atoms with Gasteiger partial charge in [0, 0.05) is 22.6 Å². The third-order valence-electron chi connectivity index (χ3n) is 3.35. The first-order chi connectivity index (χ1) is 10.1. The van der Waals surface area contributed by atoms with E-state index in [-0.39, 0.29) is 11.2 Å². The molecule has 1 aromatic carbocycles. The summed E-state index contributed by atoms with van der Waals surface area (Å²) in [5.41, 5.74) is 1.13. The lowest BCUT2D eigenvalue weighted by atomic mass is 9.99. The molecule has 0 aliphatic heterocycles. The zero-order chi connectivity index (χ0) is 15.2. The van der Waals surface area contributed by atoms with Gasteiger partial charge in [-0.15, -0.1) is 11.8 Å². The van der Waals surface area contributed by atoms with E-state index in [0.717, 1.165) is 25.3 Å². The van der Waals surface area contributed by atoms with E-state index in [1.54, 1.807) is 6.92 Å². The molecule has 0 saturated heterocycles. The molecule has 0 radical (unpaired) electrons. The molecule has 2 nitrogen and oxygen atoms in total. The molecule has 0 bridgehead atoms. The van der Waals surface area contributed by atoms with Gasteiger partial charge in [-0.1, -0.05) is 12.1 Å². The first-order valence-corrected chi connectivity index (χ1v) is 8.09. The number of carbonyl (C=O) groups excluding carboxylic acids is 1. The highest BCUT2D eigenvalue weighted by atomic mass is 32.2. The first kappa shape index (κ1) is 16.0. The van der Waals surface area contributed by atoms with Crippen LogP contribution in [0.5, 0.6) is 0 Å². The number of esters is 1. The van der Waals surface area contributed by atoms with Gasteiger partial charge in [-0.2, -0.15) is 0 Å². The normalized spacial score (nSPS) is 18.2. The quantitative estimate of drug-likeness (QED) is 0.761.